The molecule has 8 heteroatoms. The first-order valence-electron chi connectivity index (χ1n) is 8.62. The third-order valence-corrected chi connectivity index (χ3v) is 6.61. The van der Waals surface area contributed by atoms with E-state index in [0.29, 0.717) is 18.5 Å². The Balaban J connectivity index is 1.85. The first-order chi connectivity index (χ1) is 12.2. The Kier molecular flexibility index (Phi) is 4.90. The highest BCUT2D eigenvalue weighted by Gasteiger charge is 2.25. The molecule has 1 saturated heterocycles. The van der Waals surface area contributed by atoms with E-state index in [0.717, 1.165) is 23.4 Å². The lowest BCUT2D eigenvalue weighted by molar-refractivity contribution is -0.117. The van der Waals surface area contributed by atoms with Crippen molar-refractivity contribution in [2.75, 3.05) is 11.4 Å². The molecule has 1 aromatic carbocycles. The van der Waals surface area contributed by atoms with Crippen LogP contribution in [0.15, 0.2) is 29.3 Å². The highest BCUT2D eigenvalue weighted by Crippen LogP contribution is 2.27. The van der Waals surface area contributed by atoms with Crippen molar-refractivity contribution in [2.24, 2.45) is 7.05 Å². The van der Waals surface area contributed by atoms with Crippen molar-refractivity contribution in [1.29, 1.82) is 0 Å². The topological polar surface area (TPSA) is 84.3 Å². The van der Waals surface area contributed by atoms with Crippen LogP contribution in [0.2, 0.25) is 0 Å². The molecule has 0 spiro atoms. The van der Waals surface area contributed by atoms with Gasteiger partial charge in [-0.25, -0.2) is 13.1 Å². The van der Waals surface area contributed by atoms with Crippen LogP contribution in [0.3, 0.4) is 0 Å². The highest BCUT2D eigenvalue weighted by atomic mass is 32.2. The van der Waals surface area contributed by atoms with Gasteiger partial charge in [0, 0.05) is 43.0 Å². The largest absolute Gasteiger partial charge is 0.312 e. The van der Waals surface area contributed by atoms with Crippen LogP contribution in [0.25, 0.3) is 0 Å². The molecule has 26 heavy (non-hydrogen) atoms. The van der Waals surface area contributed by atoms with Crippen LogP contribution in [-0.2, 0) is 21.9 Å². The van der Waals surface area contributed by atoms with E-state index in [1.165, 1.54) is 0 Å². The predicted octanol–water partition coefficient (Wildman–Crippen LogP) is 2.20. The van der Waals surface area contributed by atoms with Gasteiger partial charge in [-0.05, 0) is 51.0 Å². The predicted molar refractivity (Wildman–Crippen MR) is 99.4 cm³/mol. The Bertz CT molecular complexity index is 949. The molecule has 1 aromatic heterocycles. The highest BCUT2D eigenvalue weighted by molar-refractivity contribution is 7.89. The summed E-state index contributed by atoms with van der Waals surface area (Å²) >= 11 is 0. The van der Waals surface area contributed by atoms with Gasteiger partial charge in [0.05, 0.1) is 11.1 Å². The molecule has 0 aliphatic carbocycles. The first kappa shape index (κ1) is 18.6. The van der Waals surface area contributed by atoms with Gasteiger partial charge in [-0.3, -0.25) is 9.48 Å². The van der Waals surface area contributed by atoms with Gasteiger partial charge in [0.25, 0.3) is 0 Å². The molecule has 0 saturated carbocycles. The van der Waals surface area contributed by atoms with Crippen LogP contribution in [0, 0.1) is 13.8 Å². The summed E-state index contributed by atoms with van der Waals surface area (Å²) in [4.78, 5) is 13.8. The molecule has 140 valence electrons. The van der Waals surface area contributed by atoms with Crippen LogP contribution in [0.4, 0.5) is 5.69 Å². The maximum absolute atomic E-state index is 12.8. The van der Waals surface area contributed by atoms with Crippen LogP contribution < -0.4 is 9.62 Å². The van der Waals surface area contributed by atoms with E-state index in [-0.39, 0.29) is 10.8 Å². The van der Waals surface area contributed by atoms with E-state index in [2.05, 4.69) is 9.82 Å². The number of amides is 1. The van der Waals surface area contributed by atoms with Gasteiger partial charge in [-0.2, -0.15) is 5.10 Å². The number of aromatic nitrogens is 2. The Morgan fingerprint density at radius 1 is 1.27 bits per heavy atom. The van der Waals surface area contributed by atoms with Crippen LogP contribution in [0.1, 0.15) is 42.6 Å². The van der Waals surface area contributed by atoms with Gasteiger partial charge < -0.3 is 4.90 Å². The molecule has 1 amide bonds. The van der Waals surface area contributed by atoms with E-state index in [9.17, 15) is 13.2 Å². The lowest BCUT2D eigenvalue weighted by Crippen LogP contribution is -2.28. The van der Waals surface area contributed by atoms with E-state index < -0.39 is 16.1 Å². The van der Waals surface area contributed by atoms with Gasteiger partial charge in [-0.1, -0.05) is 0 Å². The molecule has 1 aliphatic heterocycles. The minimum Gasteiger partial charge on any atom is -0.312 e. The van der Waals surface area contributed by atoms with Gasteiger partial charge in [0.1, 0.15) is 0 Å². The fourth-order valence-electron chi connectivity index (χ4n) is 3.32. The number of aryl methyl sites for hydroxylation is 2. The summed E-state index contributed by atoms with van der Waals surface area (Å²) in [5.41, 5.74) is 3.12. The summed E-state index contributed by atoms with van der Waals surface area (Å²) in [7, 11) is -1.87. The van der Waals surface area contributed by atoms with Crippen molar-refractivity contribution < 1.29 is 13.2 Å². The first-order valence-corrected chi connectivity index (χ1v) is 10.1. The van der Waals surface area contributed by atoms with E-state index in [1.54, 1.807) is 47.8 Å². The van der Waals surface area contributed by atoms with Crippen molar-refractivity contribution in [2.45, 2.75) is 44.6 Å². The summed E-state index contributed by atoms with van der Waals surface area (Å²) < 4.78 is 30.1. The van der Waals surface area contributed by atoms with E-state index in [1.807, 2.05) is 14.0 Å². The number of carbonyl (C=O) groups excluding carboxylic acids is 1. The number of carbonyl (C=O) groups is 1. The number of anilines is 1. The zero-order chi connectivity index (χ0) is 19.1. The van der Waals surface area contributed by atoms with Crippen molar-refractivity contribution in [1.82, 2.24) is 14.5 Å². The molecule has 1 atom stereocenters. The number of rotatable bonds is 5. The third-order valence-electron chi connectivity index (χ3n) is 4.90. The van der Waals surface area contributed by atoms with Crippen molar-refractivity contribution in [3.8, 4) is 0 Å². The minimum atomic E-state index is -3.69. The SMILES string of the molecule is Cc1cc(N2CCCC2=O)ccc1S(=O)(=O)NC(C)c1cnn(C)c1C. The van der Waals surface area contributed by atoms with Crippen LogP contribution in [0.5, 0.6) is 0 Å². The summed E-state index contributed by atoms with van der Waals surface area (Å²) in [5.74, 6) is 0.0822. The fraction of sp³-hybridized carbons (Fsp3) is 0.444. The molecule has 1 N–H and O–H groups in total. The van der Waals surface area contributed by atoms with Gasteiger partial charge >= 0.3 is 0 Å². The molecular weight excluding hydrogens is 352 g/mol. The molecule has 0 bridgehead atoms. The zero-order valence-corrected chi connectivity index (χ0v) is 16.3. The zero-order valence-electron chi connectivity index (χ0n) is 15.5. The normalized spacial score (nSPS) is 16.3. The Labute approximate surface area is 154 Å². The fourth-order valence-corrected chi connectivity index (χ4v) is 4.77. The summed E-state index contributed by atoms with van der Waals surface area (Å²) in [6, 6.07) is 4.64. The maximum atomic E-state index is 12.8. The number of nitrogens with zero attached hydrogens (tertiary/aromatic N) is 3. The average Bonchev–Trinajstić information content (AvgIpc) is 3.13. The second-order valence-corrected chi connectivity index (χ2v) is 8.43. The Hall–Kier alpha value is -2.19. The van der Waals surface area contributed by atoms with E-state index in [4.69, 9.17) is 0 Å². The lowest BCUT2D eigenvalue weighted by Gasteiger charge is -2.19. The van der Waals surface area contributed by atoms with Gasteiger partial charge in [0.2, 0.25) is 15.9 Å². The summed E-state index contributed by atoms with van der Waals surface area (Å²) in [6.07, 6.45) is 3.06. The Morgan fingerprint density at radius 2 is 2.00 bits per heavy atom. The third kappa shape index (κ3) is 3.39. The molecule has 0 radical (unpaired) electrons. The molecule has 2 heterocycles. The number of sulfonamides is 1. The van der Waals surface area contributed by atoms with Gasteiger partial charge in [0.15, 0.2) is 0 Å². The number of benzene rings is 1. The number of nitrogens with one attached hydrogen (secondary N) is 1. The monoisotopic (exact) mass is 376 g/mol. The van der Waals surface area contributed by atoms with E-state index >= 15 is 0 Å². The van der Waals surface area contributed by atoms with Crippen LogP contribution >= 0.6 is 0 Å². The van der Waals surface area contributed by atoms with Gasteiger partial charge in [-0.15, -0.1) is 0 Å². The minimum absolute atomic E-state index is 0.0822. The van der Waals surface area contributed by atoms with Crippen molar-refractivity contribution in [3.63, 3.8) is 0 Å². The molecule has 7 nitrogen and oxygen atoms in total. The molecular formula is C18H24N4O3S. The molecule has 1 unspecified atom stereocenters. The molecule has 2 aromatic rings. The average molecular weight is 376 g/mol. The summed E-state index contributed by atoms with van der Waals surface area (Å²) in [6.45, 7) is 6.13. The quantitative estimate of drug-likeness (QED) is 0.867. The number of hydrogen-bond donors (Lipinski definition) is 1. The maximum Gasteiger partial charge on any atom is 0.241 e. The lowest BCUT2D eigenvalue weighted by atomic mass is 10.1. The molecule has 1 fully saturated rings. The standard InChI is InChI=1S/C18H24N4O3S/c1-12-10-15(22-9-5-6-18(22)23)7-8-17(12)26(24,25)20-13(2)16-11-19-21(4)14(16)3/h7-8,10-11,13,20H,5-6,9H2,1-4H3. The number of hydrogen-bond acceptors (Lipinski definition) is 4. The second kappa shape index (κ2) is 6.85. The summed E-state index contributed by atoms with van der Waals surface area (Å²) in [5, 5.41) is 4.16. The van der Waals surface area contributed by atoms with Crippen molar-refractivity contribution in [3.05, 3.63) is 41.2 Å². The second-order valence-electron chi connectivity index (χ2n) is 6.75. The Morgan fingerprint density at radius 3 is 2.54 bits per heavy atom. The smallest absolute Gasteiger partial charge is 0.241 e. The van der Waals surface area contributed by atoms with Crippen LogP contribution in [-0.4, -0.2) is 30.7 Å². The molecule has 3 rings (SSSR count). The van der Waals surface area contributed by atoms with Crippen molar-refractivity contribution >= 4 is 21.6 Å². The molecule has 1 aliphatic rings.